The van der Waals surface area contributed by atoms with Gasteiger partial charge in [0.15, 0.2) is 0 Å². The van der Waals surface area contributed by atoms with Crippen LogP contribution in [0, 0.1) is 13.8 Å². The zero-order valence-corrected chi connectivity index (χ0v) is 17.9. The monoisotopic (exact) mass is 437 g/mol. The second-order valence-electron chi connectivity index (χ2n) is 6.94. The summed E-state index contributed by atoms with van der Waals surface area (Å²) >= 11 is 6.15. The summed E-state index contributed by atoms with van der Waals surface area (Å²) in [5.41, 5.74) is 3.42. The summed E-state index contributed by atoms with van der Waals surface area (Å²) in [7, 11) is -3.76. The number of benzene rings is 2. The normalized spacial score (nSPS) is 15.1. The highest BCUT2D eigenvalue weighted by Crippen LogP contribution is 2.28. The summed E-state index contributed by atoms with van der Waals surface area (Å²) in [6.07, 6.45) is 0. The molecule has 1 fully saturated rings. The van der Waals surface area contributed by atoms with E-state index in [1.165, 1.54) is 16.4 Å². The first-order valence-corrected chi connectivity index (χ1v) is 11.1. The van der Waals surface area contributed by atoms with E-state index in [-0.39, 0.29) is 35.5 Å². The molecule has 2 N–H and O–H groups in total. The lowest BCUT2D eigenvalue weighted by Gasteiger charge is -2.26. The molecular weight excluding hydrogens is 414 g/mol. The van der Waals surface area contributed by atoms with Crippen LogP contribution >= 0.6 is 11.6 Å². The molecule has 1 aliphatic heterocycles. The number of carbonyl (C=O) groups is 1. The summed E-state index contributed by atoms with van der Waals surface area (Å²) in [4.78, 5) is 12.3. The van der Waals surface area contributed by atoms with Gasteiger partial charge in [0, 0.05) is 24.5 Å². The van der Waals surface area contributed by atoms with Crippen LogP contribution in [0.4, 0.5) is 11.4 Å². The number of anilines is 2. The first-order chi connectivity index (χ1) is 13.8. The summed E-state index contributed by atoms with van der Waals surface area (Å²) in [5, 5.41) is 5.91. The van der Waals surface area contributed by atoms with E-state index in [1.807, 2.05) is 26.0 Å². The van der Waals surface area contributed by atoms with Gasteiger partial charge in [0.2, 0.25) is 15.9 Å². The molecule has 0 saturated carbocycles. The van der Waals surface area contributed by atoms with Crippen LogP contribution in [0.15, 0.2) is 41.3 Å². The van der Waals surface area contributed by atoms with Gasteiger partial charge in [0.25, 0.3) is 0 Å². The topological polar surface area (TPSA) is 87.7 Å². The lowest BCUT2D eigenvalue weighted by Crippen LogP contribution is -2.40. The number of morpholine rings is 1. The molecule has 1 heterocycles. The number of hydrogen-bond acceptors (Lipinski definition) is 5. The Kier molecular flexibility index (Phi) is 6.79. The third-order valence-electron chi connectivity index (χ3n) is 4.48. The van der Waals surface area contributed by atoms with Crippen LogP contribution in [-0.2, 0) is 19.6 Å². The SMILES string of the molecule is Cc1cc(C)cc(NCC(=O)Nc2ccc(Cl)c(S(=O)(=O)N3CCOCC3)c2)c1. The molecule has 1 aliphatic rings. The number of carbonyl (C=O) groups excluding carboxylic acids is 1. The van der Waals surface area contributed by atoms with Crippen molar-refractivity contribution in [2.45, 2.75) is 18.7 Å². The van der Waals surface area contributed by atoms with Crippen LogP contribution in [-0.4, -0.2) is 51.5 Å². The van der Waals surface area contributed by atoms with Gasteiger partial charge < -0.3 is 15.4 Å². The largest absolute Gasteiger partial charge is 0.379 e. The molecule has 0 atom stereocenters. The fourth-order valence-electron chi connectivity index (χ4n) is 3.17. The Hall–Kier alpha value is -2.13. The molecular formula is C20H24ClN3O4S. The molecule has 0 unspecified atom stereocenters. The Morgan fingerprint density at radius 2 is 1.72 bits per heavy atom. The van der Waals surface area contributed by atoms with Crippen molar-refractivity contribution in [1.29, 1.82) is 0 Å². The number of nitrogens with one attached hydrogen (secondary N) is 2. The number of halogens is 1. The second kappa shape index (κ2) is 9.13. The van der Waals surface area contributed by atoms with Gasteiger partial charge in [0.1, 0.15) is 4.90 Å². The zero-order valence-electron chi connectivity index (χ0n) is 16.4. The fourth-order valence-corrected chi connectivity index (χ4v) is 5.08. The van der Waals surface area contributed by atoms with Crippen LogP contribution in [0.5, 0.6) is 0 Å². The van der Waals surface area contributed by atoms with E-state index in [4.69, 9.17) is 16.3 Å². The van der Waals surface area contributed by atoms with Gasteiger partial charge in [-0.1, -0.05) is 17.7 Å². The molecule has 2 aromatic rings. The van der Waals surface area contributed by atoms with Crippen molar-refractivity contribution in [2.75, 3.05) is 43.5 Å². The van der Waals surface area contributed by atoms with E-state index in [2.05, 4.69) is 16.7 Å². The highest BCUT2D eigenvalue weighted by Gasteiger charge is 2.28. The number of amides is 1. The Labute approximate surface area is 176 Å². The molecule has 156 valence electrons. The average Bonchev–Trinajstić information content (AvgIpc) is 2.68. The fraction of sp³-hybridized carbons (Fsp3) is 0.350. The summed E-state index contributed by atoms with van der Waals surface area (Å²) in [6.45, 7) is 5.26. The van der Waals surface area contributed by atoms with Crippen molar-refractivity contribution < 1.29 is 17.9 Å². The maximum Gasteiger partial charge on any atom is 0.244 e. The molecule has 9 heteroatoms. The number of nitrogens with zero attached hydrogens (tertiary/aromatic N) is 1. The summed E-state index contributed by atoms with van der Waals surface area (Å²) < 4.78 is 32.3. The first-order valence-electron chi connectivity index (χ1n) is 9.25. The minimum atomic E-state index is -3.76. The number of sulfonamides is 1. The predicted molar refractivity (Wildman–Crippen MR) is 114 cm³/mol. The number of hydrogen-bond donors (Lipinski definition) is 2. The number of rotatable bonds is 6. The number of ether oxygens (including phenoxy) is 1. The van der Waals surface area contributed by atoms with Gasteiger partial charge in [-0.25, -0.2) is 8.42 Å². The Morgan fingerprint density at radius 1 is 1.07 bits per heavy atom. The molecule has 0 radical (unpaired) electrons. The van der Waals surface area contributed by atoms with Crippen LogP contribution < -0.4 is 10.6 Å². The van der Waals surface area contributed by atoms with Crippen molar-refractivity contribution in [3.8, 4) is 0 Å². The maximum atomic E-state index is 12.9. The predicted octanol–water partition coefficient (Wildman–Crippen LogP) is 3.03. The molecule has 1 amide bonds. The van der Waals surface area contributed by atoms with Crippen molar-refractivity contribution >= 4 is 38.9 Å². The Bertz CT molecular complexity index is 985. The summed E-state index contributed by atoms with van der Waals surface area (Å²) in [6, 6.07) is 10.4. The number of aryl methyl sites for hydroxylation is 2. The molecule has 3 rings (SSSR count). The van der Waals surface area contributed by atoms with E-state index < -0.39 is 10.0 Å². The third kappa shape index (κ3) is 5.48. The standard InChI is InChI=1S/C20H24ClN3O4S/c1-14-9-15(2)11-17(10-14)22-13-20(25)23-16-3-4-18(21)19(12-16)29(26,27)24-5-7-28-8-6-24/h3-4,9-12,22H,5-8,13H2,1-2H3,(H,23,25). The van der Waals surface area contributed by atoms with Gasteiger partial charge in [-0.2, -0.15) is 4.31 Å². The Balaban J connectivity index is 1.69. The van der Waals surface area contributed by atoms with E-state index in [0.29, 0.717) is 18.9 Å². The van der Waals surface area contributed by atoms with Crippen molar-refractivity contribution in [3.63, 3.8) is 0 Å². The molecule has 1 saturated heterocycles. The quantitative estimate of drug-likeness (QED) is 0.725. The van der Waals surface area contributed by atoms with E-state index >= 15 is 0 Å². The highest BCUT2D eigenvalue weighted by atomic mass is 35.5. The molecule has 0 spiro atoms. The summed E-state index contributed by atoms with van der Waals surface area (Å²) in [5.74, 6) is -0.291. The van der Waals surface area contributed by atoms with Gasteiger partial charge in [-0.15, -0.1) is 0 Å². The molecule has 0 aromatic heterocycles. The Morgan fingerprint density at radius 3 is 2.38 bits per heavy atom. The third-order valence-corrected chi connectivity index (χ3v) is 6.86. The van der Waals surface area contributed by atoms with Crippen LogP contribution in [0.2, 0.25) is 5.02 Å². The van der Waals surface area contributed by atoms with Gasteiger partial charge in [0.05, 0.1) is 24.8 Å². The van der Waals surface area contributed by atoms with E-state index in [1.54, 1.807) is 6.07 Å². The second-order valence-corrected chi connectivity index (χ2v) is 9.25. The van der Waals surface area contributed by atoms with Crippen molar-refractivity contribution in [2.24, 2.45) is 0 Å². The van der Waals surface area contributed by atoms with Gasteiger partial charge in [-0.3, -0.25) is 4.79 Å². The first kappa shape index (κ1) is 21.6. The molecule has 2 aromatic carbocycles. The van der Waals surface area contributed by atoms with Crippen molar-refractivity contribution in [1.82, 2.24) is 4.31 Å². The van der Waals surface area contributed by atoms with Crippen LogP contribution in [0.1, 0.15) is 11.1 Å². The minimum absolute atomic E-state index is 0.0267. The molecule has 29 heavy (non-hydrogen) atoms. The maximum absolute atomic E-state index is 12.9. The smallest absolute Gasteiger partial charge is 0.244 e. The van der Waals surface area contributed by atoms with Gasteiger partial charge >= 0.3 is 0 Å². The van der Waals surface area contributed by atoms with Crippen LogP contribution in [0.3, 0.4) is 0 Å². The van der Waals surface area contributed by atoms with Gasteiger partial charge in [-0.05, 0) is 55.3 Å². The van der Waals surface area contributed by atoms with E-state index in [9.17, 15) is 13.2 Å². The lowest BCUT2D eigenvalue weighted by atomic mass is 10.1. The molecule has 7 nitrogen and oxygen atoms in total. The average molecular weight is 438 g/mol. The van der Waals surface area contributed by atoms with Crippen LogP contribution in [0.25, 0.3) is 0 Å². The van der Waals surface area contributed by atoms with Crippen molar-refractivity contribution in [3.05, 3.63) is 52.5 Å². The zero-order chi connectivity index (χ0) is 21.0. The highest BCUT2D eigenvalue weighted by molar-refractivity contribution is 7.89. The lowest BCUT2D eigenvalue weighted by molar-refractivity contribution is -0.114. The molecule has 0 aliphatic carbocycles. The minimum Gasteiger partial charge on any atom is -0.379 e. The van der Waals surface area contributed by atoms with E-state index in [0.717, 1.165) is 16.8 Å². The molecule has 0 bridgehead atoms.